The number of rotatable bonds is 6. The van der Waals surface area contributed by atoms with E-state index >= 15 is 0 Å². The minimum absolute atomic E-state index is 0.235. The number of carbonyl (C=O) groups excluding carboxylic acids is 1. The van der Waals surface area contributed by atoms with E-state index in [-0.39, 0.29) is 6.09 Å². The van der Waals surface area contributed by atoms with Crippen molar-refractivity contribution in [2.24, 2.45) is 0 Å². The van der Waals surface area contributed by atoms with Gasteiger partial charge in [-0.3, -0.25) is 0 Å². The van der Waals surface area contributed by atoms with Gasteiger partial charge in [-0.2, -0.15) is 0 Å². The molecule has 10 heteroatoms. The highest BCUT2D eigenvalue weighted by Crippen LogP contribution is 2.27. The van der Waals surface area contributed by atoms with E-state index in [1.807, 2.05) is 19.1 Å². The van der Waals surface area contributed by atoms with Gasteiger partial charge in [0.25, 0.3) is 0 Å². The number of carbonyl (C=O) groups is 1. The summed E-state index contributed by atoms with van der Waals surface area (Å²) in [4.78, 5) is 28.5. The number of fused-ring (bicyclic) bond motifs is 2. The summed E-state index contributed by atoms with van der Waals surface area (Å²) in [6.07, 6.45) is 1.36. The van der Waals surface area contributed by atoms with Crippen LogP contribution in [0.1, 0.15) is 19.4 Å². The van der Waals surface area contributed by atoms with Crippen molar-refractivity contribution in [3.63, 3.8) is 0 Å². The van der Waals surface area contributed by atoms with Crippen LogP contribution in [-0.4, -0.2) is 63.3 Å². The van der Waals surface area contributed by atoms with Gasteiger partial charge < -0.3 is 29.4 Å². The smallest absolute Gasteiger partial charge is 0.409 e. The van der Waals surface area contributed by atoms with Crippen LogP contribution in [0, 0.1) is 4.77 Å². The molecule has 1 aliphatic heterocycles. The lowest BCUT2D eigenvalue weighted by molar-refractivity contribution is 0.105. The second-order valence-electron chi connectivity index (χ2n) is 8.44. The predicted octanol–water partition coefficient (Wildman–Crippen LogP) is 4.55. The first-order chi connectivity index (χ1) is 17.1. The number of anilines is 2. The average molecular weight is 492 g/mol. The van der Waals surface area contributed by atoms with Crippen LogP contribution in [0.25, 0.3) is 21.9 Å². The fourth-order valence-electron chi connectivity index (χ4n) is 4.65. The number of amides is 1. The Morgan fingerprint density at radius 2 is 1.94 bits per heavy atom. The summed E-state index contributed by atoms with van der Waals surface area (Å²) in [5, 5.41) is 4.46. The number of ether oxygens (including phenoxy) is 1. The molecule has 35 heavy (non-hydrogen) atoms. The van der Waals surface area contributed by atoms with Gasteiger partial charge in [0.1, 0.15) is 12.1 Å². The number of para-hydroxylation sites is 1. The van der Waals surface area contributed by atoms with Crippen LogP contribution >= 0.6 is 12.2 Å². The molecule has 0 radical (unpaired) electrons. The Bertz CT molecular complexity index is 1420. The number of imidazole rings is 1. The number of aryl methyl sites for hydroxylation is 1. The predicted molar refractivity (Wildman–Crippen MR) is 140 cm³/mol. The third kappa shape index (κ3) is 4.53. The van der Waals surface area contributed by atoms with Crippen molar-refractivity contribution in [2.45, 2.75) is 26.9 Å². The first kappa shape index (κ1) is 23.1. The normalized spacial score (nSPS) is 14.0. The van der Waals surface area contributed by atoms with E-state index in [4.69, 9.17) is 17.0 Å². The van der Waals surface area contributed by atoms with E-state index in [0.717, 1.165) is 53.1 Å². The summed E-state index contributed by atoms with van der Waals surface area (Å²) < 4.78 is 7.92. The largest absolute Gasteiger partial charge is 0.450 e. The third-order valence-corrected chi connectivity index (χ3v) is 6.75. The molecule has 0 aliphatic carbocycles. The molecule has 1 amide bonds. The number of nitrogens with zero attached hydrogens (tertiary/aromatic N) is 5. The quantitative estimate of drug-likeness (QED) is 0.382. The van der Waals surface area contributed by atoms with Crippen molar-refractivity contribution in [3.8, 4) is 0 Å². The molecule has 4 aromatic rings. The van der Waals surface area contributed by atoms with Gasteiger partial charge >= 0.3 is 6.09 Å². The van der Waals surface area contributed by atoms with Crippen molar-refractivity contribution in [3.05, 3.63) is 53.1 Å². The van der Waals surface area contributed by atoms with E-state index in [9.17, 15) is 4.79 Å². The van der Waals surface area contributed by atoms with E-state index in [0.29, 0.717) is 31.0 Å². The van der Waals surface area contributed by atoms with Crippen LogP contribution in [0.4, 0.5) is 16.3 Å². The van der Waals surface area contributed by atoms with Gasteiger partial charge in [0, 0.05) is 50.3 Å². The topological polar surface area (TPSA) is 91.3 Å². The highest BCUT2D eigenvalue weighted by Gasteiger charge is 2.23. The molecule has 2 N–H and O–H groups in total. The lowest BCUT2D eigenvalue weighted by Gasteiger charge is -2.36. The van der Waals surface area contributed by atoms with E-state index in [1.54, 1.807) is 11.2 Å². The summed E-state index contributed by atoms with van der Waals surface area (Å²) in [6.45, 7) is 8.53. The molecular formula is C25H29N7O2S. The zero-order valence-electron chi connectivity index (χ0n) is 20.0. The van der Waals surface area contributed by atoms with Gasteiger partial charge in [-0.05, 0) is 49.8 Å². The molecule has 0 unspecified atom stereocenters. The Morgan fingerprint density at radius 1 is 1.14 bits per heavy atom. The maximum atomic E-state index is 12.0. The number of aromatic amines is 1. The molecule has 9 nitrogen and oxygen atoms in total. The standard InChI is InChI=1S/C25H29N7O2S/c1-3-32-22-14-19-18(13-20(22)29-24(32)35)23(28-16-27-19)26-15-17-7-5-6-8-21(17)30-9-11-31(12-10-30)25(33)34-4-2/h5-8,13-14,16H,3-4,9-12,15H2,1-2H3,(H,29,35)(H,26,27,28). The Kier molecular flexibility index (Phi) is 6.54. The molecule has 0 atom stereocenters. The Hall–Kier alpha value is -3.66. The molecule has 1 saturated heterocycles. The van der Waals surface area contributed by atoms with E-state index in [1.165, 1.54) is 5.56 Å². The Morgan fingerprint density at radius 3 is 2.71 bits per heavy atom. The van der Waals surface area contributed by atoms with Crippen molar-refractivity contribution in [1.29, 1.82) is 0 Å². The highest BCUT2D eigenvalue weighted by molar-refractivity contribution is 7.71. The molecule has 0 bridgehead atoms. The van der Waals surface area contributed by atoms with Crippen molar-refractivity contribution >= 4 is 51.8 Å². The van der Waals surface area contributed by atoms with Gasteiger partial charge in [-0.25, -0.2) is 14.8 Å². The average Bonchev–Trinajstić information content (AvgIpc) is 3.20. The minimum Gasteiger partial charge on any atom is -0.450 e. The van der Waals surface area contributed by atoms with Crippen LogP contribution in [0.5, 0.6) is 0 Å². The summed E-state index contributed by atoms with van der Waals surface area (Å²) in [7, 11) is 0. The van der Waals surface area contributed by atoms with Crippen LogP contribution < -0.4 is 10.2 Å². The maximum absolute atomic E-state index is 12.0. The van der Waals surface area contributed by atoms with Crippen LogP contribution in [0.15, 0.2) is 42.7 Å². The fourth-order valence-corrected chi connectivity index (χ4v) is 4.99. The molecule has 1 aliphatic rings. The number of benzene rings is 2. The first-order valence-electron chi connectivity index (χ1n) is 11.9. The highest BCUT2D eigenvalue weighted by atomic mass is 32.1. The number of aromatic nitrogens is 4. The molecule has 2 aromatic carbocycles. The van der Waals surface area contributed by atoms with Crippen LogP contribution in [-0.2, 0) is 17.8 Å². The SMILES string of the molecule is CCOC(=O)N1CCN(c2ccccc2CNc2ncnc3cc4c(cc23)[nH]c(=S)n4CC)CC1. The number of hydrogen-bond acceptors (Lipinski definition) is 7. The van der Waals surface area contributed by atoms with E-state index in [2.05, 4.69) is 60.9 Å². The zero-order valence-corrected chi connectivity index (χ0v) is 20.8. The molecule has 5 rings (SSSR count). The Balaban J connectivity index is 1.36. The summed E-state index contributed by atoms with van der Waals surface area (Å²) in [5.41, 5.74) is 5.22. The van der Waals surface area contributed by atoms with Gasteiger partial charge in [0.2, 0.25) is 0 Å². The Labute approximate surface area is 208 Å². The summed E-state index contributed by atoms with van der Waals surface area (Å²) in [6, 6.07) is 12.5. The molecule has 2 aromatic heterocycles. The number of H-pyrrole nitrogens is 1. The minimum atomic E-state index is -0.235. The molecular weight excluding hydrogens is 462 g/mol. The van der Waals surface area contributed by atoms with Gasteiger partial charge in [0.15, 0.2) is 4.77 Å². The zero-order chi connectivity index (χ0) is 24.4. The summed E-state index contributed by atoms with van der Waals surface area (Å²) in [5.74, 6) is 0.780. The second kappa shape index (κ2) is 9.91. The third-order valence-electron chi connectivity index (χ3n) is 6.43. The number of piperazine rings is 1. The fraction of sp³-hybridized carbons (Fsp3) is 0.360. The lowest BCUT2D eigenvalue weighted by Crippen LogP contribution is -2.49. The summed E-state index contributed by atoms with van der Waals surface area (Å²) >= 11 is 5.47. The maximum Gasteiger partial charge on any atom is 0.409 e. The molecule has 182 valence electrons. The van der Waals surface area contributed by atoms with Gasteiger partial charge in [0.05, 0.1) is 23.2 Å². The van der Waals surface area contributed by atoms with E-state index < -0.39 is 0 Å². The van der Waals surface area contributed by atoms with Crippen molar-refractivity contribution < 1.29 is 9.53 Å². The molecule has 0 saturated carbocycles. The van der Waals surface area contributed by atoms with Gasteiger partial charge in [-0.15, -0.1) is 0 Å². The van der Waals surface area contributed by atoms with Crippen molar-refractivity contribution in [2.75, 3.05) is 43.0 Å². The van der Waals surface area contributed by atoms with Crippen LogP contribution in [0.2, 0.25) is 0 Å². The number of hydrogen-bond donors (Lipinski definition) is 2. The first-order valence-corrected chi connectivity index (χ1v) is 12.4. The molecule has 3 heterocycles. The lowest BCUT2D eigenvalue weighted by atomic mass is 10.1. The molecule has 0 spiro atoms. The van der Waals surface area contributed by atoms with Crippen LogP contribution in [0.3, 0.4) is 0 Å². The monoisotopic (exact) mass is 491 g/mol. The number of nitrogens with one attached hydrogen (secondary N) is 2. The second-order valence-corrected chi connectivity index (χ2v) is 8.83. The van der Waals surface area contributed by atoms with Crippen molar-refractivity contribution in [1.82, 2.24) is 24.4 Å². The van der Waals surface area contributed by atoms with Gasteiger partial charge in [-0.1, -0.05) is 18.2 Å². The molecule has 1 fully saturated rings.